The molecule has 1 N–H and O–H groups in total. The van der Waals surface area contributed by atoms with E-state index in [0.29, 0.717) is 42.8 Å². The summed E-state index contributed by atoms with van der Waals surface area (Å²) in [6.07, 6.45) is 1.10. The summed E-state index contributed by atoms with van der Waals surface area (Å²) in [6, 6.07) is 4.23. The van der Waals surface area contributed by atoms with Crippen LogP contribution in [0.15, 0.2) is 23.4 Å². The van der Waals surface area contributed by atoms with Crippen LogP contribution in [0.5, 0.6) is 0 Å². The van der Waals surface area contributed by atoms with Crippen molar-refractivity contribution in [2.75, 3.05) is 13.1 Å². The molecule has 1 saturated heterocycles. The number of hydrogen-bond donors (Lipinski definition) is 1. The lowest BCUT2D eigenvalue weighted by Gasteiger charge is -2.27. The average Bonchev–Trinajstić information content (AvgIpc) is 2.46. The van der Waals surface area contributed by atoms with Gasteiger partial charge in [-0.1, -0.05) is 5.16 Å². The topological polar surface area (TPSA) is 96.0 Å². The van der Waals surface area contributed by atoms with Crippen LogP contribution < -0.4 is 0 Å². The second kappa shape index (κ2) is 5.68. The summed E-state index contributed by atoms with van der Waals surface area (Å²) in [5, 5.41) is 22.5. The fourth-order valence-corrected chi connectivity index (χ4v) is 2.24. The molecule has 1 aliphatic heterocycles. The number of non-ortho nitro benzene ring substituents is 1. The molecule has 106 valence electrons. The highest BCUT2D eigenvalue weighted by Crippen LogP contribution is 2.20. The number of carbonyl (C=O) groups excluding carboxylic acids is 1. The molecule has 7 nitrogen and oxygen atoms in total. The second-order valence-electron chi connectivity index (χ2n) is 4.71. The minimum absolute atomic E-state index is 0.0209. The summed E-state index contributed by atoms with van der Waals surface area (Å²) in [5.74, 6) is -0.144. The number of likely N-dealkylation sites (tertiary alicyclic amines) is 1. The molecule has 0 atom stereocenters. The molecule has 0 aliphatic carbocycles. The predicted octanol–water partition coefficient (Wildman–Crippen LogP) is 1.97. The van der Waals surface area contributed by atoms with Gasteiger partial charge in [-0.3, -0.25) is 14.9 Å². The van der Waals surface area contributed by atoms with Crippen molar-refractivity contribution in [2.45, 2.75) is 19.8 Å². The van der Waals surface area contributed by atoms with Gasteiger partial charge < -0.3 is 10.1 Å². The van der Waals surface area contributed by atoms with Gasteiger partial charge in [0.1, 0.15) is 0 Å². The van der Waals surface area contributed by atoms with E-state index in [4.69, 9.17) is 5.21 Å². The normalized spacial score (nSPS) is 15.1. The maximum Gasteiger partial charge on any atom is 0.269 e. The molecule has 1 aromatic carbocycles. The van der Waals surface area contributed by atoms with Crippen molar-refractivity contribution in [3.8, 4) is 0 Å². The number of oxime groups is 1. The van der Waals surface area contributed by atoms with Crippen LogP contribution in [0.2, 0.25) is 0 Å². The molecule has 0 bridgehead atoms. The molecule has 0 saturated carbocycles. The summed E-state index contributed by atoms with van der Waals surface area (Å²) in [6.45, 7) is 2.67. The Bertz CT molecular complexity index is 573. The Labute approximate surface area is 115 Å². The van der Waals surface area contributed by atoms with Crippen LogP contribution in [0.25, 0.3) is 0 Å². The van der Waals surface area contributed by atoms with Crippen LogP contribution in [0, 0.1) is 17.0 Å². The molecule has 20 heavy (non-hydrogen) atoms. The first kappa shape index (κ1) is 14.0. The number of carbonyl (C=O) groups is 1. The molecule has 1 aliphatic rings. The van der Waals surface area contributed by atoms with E-state index < -0.39 is 4.92 Å². The van der Waals surface area contributed by atoms with Crippen molar-refractivity contribution in [3.63, 3.8) is 0 Å². The number of hydrogen-bond acceptors (Lipinski definition) is 5. The van der Waals surface area contributed by atoms with Crippen LogP contribution >= 0.6 is 0 Å². The van der Waals surface area contributed by atoms with Gasteiger partial charge in [0.25, 0.3) is 11.6 Å². The monoisotopic (exact) mass is 277 g/mol. The van der Waals surface area contributed by atoms with Gasteiger partial charge in [0.2, 0.25) is 0 Å². The van der Waals surface area contributed by atoms with Crippen molar-refractivity contribution in [1.29, 1.82) is 0 Å². The number of rotatable bonds is 2. The first-order valence-electron chi connectivity index (χ1n) is 6.27. The van der Waals surface area contributed by atoms with E-state index in [1.54, 1.807) is 11.8 Å². The number of nitro benzene ring substituents is 1. The van der Waals surface area contributed by atoms with E-state index in [2.05, 4.69) is 5.16 Å². The number of nitro groups is 1. The summed E-state index contributed by atoms with van der Waals surface area (Å²) >= 11 is 0. The summed E-state index contributed by atoms with van der Waals surface area (Å²) < 4.78 is 0. The number of benzene rings is 1. The first-order chi connectivity index (χ1) is 9.52. The van der Waals surface area contributed by atoms with E-state index in [-0.39, 0.29) is 11.6 Å². The molecule has 0 unspecified atom stereocenters. The molecule has 1 fully saturated rings. The number of piperidine rings is 1. The number of nitrogens with zero attached hydrogens (tertiary/aromatic N) is 3. The van der Waals surface area contributed by atoms with Gasteiger partial charge in [-0.15, -0.1) is 0 Å². The predicted molar refractivity (Wildman–Crippen MR) is 72.2 cm³/mol. The summed E-state index contributed by atoms with van der Waals surface area (Å²) in [4.78, 5) is 24.2. The molecule has 1 aromatic rings. The van der Waals surface area contributed by atoms with Crippen molar-refractivity contribution in [1.82, 2.24) is 4.90 Å². The first-order valence-corrected chi connectivity index (χ1v) is 6.27. The lowest BCUT2D eigenvalue weighted by molar-refractivity contribution is -0.384. The Morgan fingerprint density at radius 3 is 2.55 bits per heavy atom. The third kappa shape index (κ3) is 2.76. The third-order valence-corrected chi connectivity index (χ3v) is 3.42. The average molecular weight is 277 g/mol. The molecule has 0 spiro atoms. The standard InChI is InChI=1S/C13H15N3O4/c1-9-8-11(16(19)20)2-3-12(9)13(17)15-6-4-10(14-18)5-7-15/h2-3,8,18H,4-7H2,1H3. The SMILES string of the molecule is Cc1cc([N+](=O)[O-])ccc1C(=O)N1CCC(=NO)CC1. The Balaban J connectivity index is 2.16. The smallest absolute Gasteiger partial charge is 0.269 e. The van der Waals surface area contributed by atoms with Gasteiger partial charge in [-0.05, 0) is 18.6 Å². The van der Waals surface area contributed by atoms with Crippen molar-refractivity contribution in [3.05, 3.63) is 39.4 Å². The minimum Gasteiger partial charge on any atom is -0.411 e. The summed E-state index contributed by atoms with van der Waals surface area (Å²) in [7, 11) is 0. The Hall–Kier alpha value is -2.44. The number of aryl methyl sites for hydroxylation is 1. The minimum atomic E-state index is -0.480. The largest absolute Gasteiger partial charge is 0.411 e. The fraction of sp³-hybridized carbons (Fsp3) is 0.385. The highest BCUT2D eigenvalue weighted by atomic mass is 16.6. The zero-order valence-electron chi connectivity index (χ0n) is 11.1. The van der Waals surface area contributed by atoms with Gasteiger partial charge in [0.15, 0.2) is 0 Å². The van der Waals surface area contributed by atoms with Gasteiger partial charge in [0, 0.05) is 43.6 Å². The molecule has 2 rings (SSSR count). The molecular formula is C13H15N3O4. The van der Waals surface area contributed by atoms with Crippen LogP contribution in [0.1, 0.15) is 28.8 Å². The Morgan fingerprint density at radius 1 is 1.40 bits per heavy atom. The summed E-state index contributed by atoms with van der Waals surface area (Å²) in [5.41, 5.74) is 1.73. The van der Waals surface area contributed by atoms with E-state index in [9.17, 15) is 14.9 Å². The molecule has 7 heteroatoms. The maximum atomic E-state index is 12.4. The van der Waals surface area contributed by atoms with Crippen LogP contribution in [-0.2, 0) is 0 Å². The Kier molecular flexibility index (Phi) is 3.97. The highest BCUT2D eigenvalue weighted by molar-refractivity contribution is 5.97. The molecule has 0 aromatic heterocycles. The van der Waals surface area contributed by atoms with E-state index in [0.717, 1.165) is 0 Å². The zero-order valence-corrected chi connectivity index (χ0v) is 11.1. The maximum absolute atomic E-state index is 12.4. The van der Waals surface area contributed by atoms with Crippen molar-refractivity contribution in [2.24, 2.45) is 5.16 Å². The van der Waals surface area contributed by atoms with Crippen LogP contribution in [0.4, 0.5) is 5.69 Å². The molecular weight excluding hydrogens is 262 g/mol. The van der Waals surface area contributed by atoms with Crippen molar-refractivity contribution < 1.29 is 14.9 Å². The van der Waals surface area contributed by atoms with Gasteiger partial charge >= 0.3 is 0 Å². The van der Waals surface area contributed by atoms with Crippen LogP contribution in [-0.4, -0.2) is 39.7 Å². The molecule has 0 radical (unpaired) electrons. The van der Waals surface area contributed by atoms with Gasteiger partial charge in [-0.25, -0.2) is 0 Å². The van der Waals surface area contributed by atoms with Crippen LogP contribution in [0.3, 0.4) is 0 Å². The molecule has 1 heterocycles. The molecule has 1 amide bonds. The quantitative estimate of drug-likeness (QED) is 0.507. The Morgan fingerprint density at radius 2 is 2.05 bits per heavy atom. The lowest BCUT2D eigenvalue weighted by Crippen LogP contribution is -2.39. The number of amides is 1. The van der Waals surface area contributed by atoms with E-state index >= 15 is 0 Å². The fourth-order valence-electron chi connectivity index (χ4n) is 2.24. The van der Waals surface area contributed by atoms with Crippen molar-refractivity contribution >= 4 is 17.3 Å². The highest BCUT2D eigenvalue weighted by Gasteiger charge is 2.23. The second-order valence-corrected chi connectivity index (χ2v) is 4.71. The lowest BCUT2D eigenvalue weighted by atomic mass is 10.0. The zero-order chi connectivity index (χ0) is 14.7. The van der Waals surface area contributed by atoms with Gasteiger partial charge in [0.05, 0.1) is 10.6 Å². The van der Waals surface area contributed by atoms with E-state index in [1.807, 2.05) is 0 Å². The third-order valence-electron chi connectivity index (χ3n) is 3.42. The van der Waals surface area contributed by atoms with E-state index in [1.165, 1.54) is 18.2 Å². The van der Waals surface area contributed by atoms with Gasteiger partial charge in [-0.2, -0.15) is 0 Å².